The number of alkyl halides is 6. The van der Waals surface area contributed by atoms with Crippen molar-refractivity contribution >= 4 is 6.41 Å². The average molecular weight is 490 g/mol. The Labute approximate surface area is 194 Å². The van der Waals surface area contributed by atoms with Crippen LogP contribution in [0, 0.1) is 0 Å². The number of hydrogen-bond donors (Lipinski definition) is 1. The molecule has 10 heteroatoms. The molecule has 0 bridgehead atoms. The van der Waals surface area contributed by atoms with Crippen LogP contribution < -0.4 is 5.32 Å². The van der Waals surface area contributed by atoms with E-state index in [0.717, 1.165) is 6.41 Å². The van der Waals surface area contributed by atoms with Crippen LogP contribution in [-0.4, -0.2) is 38.2 Å². The molecule has 1 atom stereocenters. The molecule has 1 N–H and O–H groups in total. The zero-order valence-electron chi connectivity index (χ0n) is 19.1. The molecule has 34 heavy (non-hydrogen) atoms. The quantitative estimate of drug-likeness (QED) is 0.294. The van der Waals surface area contributed by atoms with E-state index in [-0.39, 0.29) is 11.6 Å². The van der Waals surface area contributed by atoms with Crippen molar-refractivity contribution in [3.8, 4) is 0 Å². The van der Waals surface area contributed by atoms with E-state index in [1.165, 1.54) is 32.4 Å². The van der Waals surface area contributed by atoms with E-state index in [9.17, 15) is 31.1 Å². The highest BCUT2D eigenvalue weighted by Crippen LogP contribution is 2.38. The van der Waals surface area contributed by atoms with Crippen molar-refractivity contribution in [1.82, 2.24) is 10.2 Å². The maximum absolute atomic E-state index is 12.5. The molecule has 1 fully saturated rings. The molecule has 1 aliphatic carbocycles. The highest BCUT2D eigenvalue weighted by Gasteiger charge is 2.37. The van der Waals surface area contributed by atoms with Crippen LogP contribution in [0.1, 0.15) is 54.0 Å². The summed E-state index contributed by atoms with van der Waals surface area (Å²) in [4.78, 5) is 12.0. The Hall–Kier alpha value is -2.59. The third-order valence-electron chi connectivity index (χ3n) is 5.65. The van der Waals surface area contributed by atoms with Gasteiger partial charge in [-0.3, -0.25) is 10.1 Å². The number of amides is 1. The van der Waals surface area contributed by atoms with Gasteiger partial charge < -0.3 is 9.64 Å². The number of carbonyl (C=O) groups is 1. The summed E-state index contributed by atoms with van der Waals surface area (Å²) in [6.45, 7) is 2.02. The summed E-state index contributed by atoms with van der Waals surface area (Å²) < 4.78 is 79.7. The van der Waals surface area contributed by atoms with Crippen LogP contribution in [-0.2, 0) is 21.9 Å². The highest BCUT2D eigenvalue weighted by atomic mass is 19.4. The van der Waals surface area contributed by atoms with E-state index in [2.05, 4.69) is 35.6 Å². The van der Waals surface area contributed by atoms with E-state index >= 15 is 0 Å². The molecule has 0 unspecified atom stereocenters. The molecule has 2 aromatic rings. The Morgan fingerprint density at radius 1 is 1.03 bits per heavy atom. The van der Waals surface area contributed by atoms with Crippen LogP contribution in [0.3, 0.4) is 0 Å². The Morgan fingerprint density at radius 3 is 2.00 bits per heavy atom. The first-order chi connectivity index (χ1) is 15.8. The fraction of sp³-hybridized carbons (Fsp3) is 0.458. The molecule has 1 amide bonds. The number of carbonyl (C=O) groups excluding carboxylic acids is 1. The van der Waals surface area contributed by atoms with E-state index in [1.807, 2.05) is 0 Å². The lowest BCUT2D eigenvalue weighted by molar-refractivity contribution is -0.143. The van der Waals surface area contributed by atoms with Gasteiger partial charge in [-0.1, -0.05) is 30.3 Å². The van der Waals surface area contributed by atoms with Crippen LogP contribution >= 0.6 is 0 Å². The van der Waals surface area contributed by atoms with Gasteiger partial charge in [0, 0.05) is 20.2 Å². The second-order valence-electron chi connectivity index (χ2n) is 8.22. The fourth-order valence-electron chi connectivity index (χ4n) is 3.44. The molecule has 2 aromatic carbocycles. The number of halogens is 6. The largest absolute Gasteiger partial charge is 0.416 e. The number of ether oxygens (including phenoxy) is 1. The summed E-state index contributed by atoms with van der Waals surface area (Å²) >= 11 is 0. The lowest BCUT2D eigenvalue weighted by Crippen LogP contribution is -2.44. The van der Waals surface area contributed by atoms with Crippen LogP contribution in [0.2, 0.25) is 0 Å². The monoisotopic (exact) mass is 490 g/mol. The minimum absolute atomic E-state index is 0.0892. The van der Waals surface area contributed by atoms with Crippen molar-refractivity contribution in [2.75, 3.05) is 20.8 Å². The van der Waals surface area contributed by atoms with Crippen molar-refractivity contribution in [1.29, 1.82) is 0 Å². The van der Waals surface area contributed by atoms with Crippen LogP contribution in [0.25, 0.3) is 0 Å². The summed E-state index contributed by atoms with van der Waals surface area (Å²) in [6.07, 6.45) is -7.31. The molecule has 0 saturated heterocycles. The Kier molecular flexibility index (Phi) is 9.52. The van der Waals surface area contributed by atoms with Crippen molar-refractivity contribution in [3.63, 3.8) is 0 Å². The first-order valence-corrected chi connectivity index (χ1v) is 10.6. The minimum atomic E-state index is -4.83. The average Bonchev–Trinajstić information content (AvgIpc) is 2.77. The van der Waals surface area contributed by atoms with Crippen molar-refractivity contribution in [2.24, 2.45) is 0 Å². The van der Waals surface area contributed by atoms with Gasteiger partial charge in [0.2, 0.25) is 6.41 Å². The summed E-state index contributed by atoms with van der Waals surface area (Å²) in [5, 5.41) is 3.36. The number of rotatable bonds is 7. The second kappa shape index (κ2) is 11.7. The number of methoxy groups -OCH3 is 1. The summed E-state index contributed by atoms with van der Waals surface area (Å²) in [5.41, 5.74) is -1.41. The van der Waals surface area contributed by atoms with E-state index < -0.39 is 29.6 Å². The first-order valence-electron chi connectivity index (χ1n) is 10.6. The molecule has 0 radical (unpaired) electrons. The number of nitrogens with zero attached hydrogens (tertiary/aromatic N) is 1. The lowest BCUT2D eigenvalue weighted by atomic mass is 9.76. The van der Waals surface area contributed by atoms with E-state index in [4.69, 9.17) is 4.74 Å². The van der Waals surface area contributed by atoms with Gasteiger partial charge in [0.15, 0.2) is 0 Å². The van der Waals surface area contributed by atoms with Gasteiger partial charge in [0.25, 0.3) is 0 Å². The standard InChI is InChI=1S/C13H18N2O.C11H10F6O/c1-15(10-16)9-14-13-7-12(8-13)11-5-3-2-4-6-11;1-6(18-2)7-3-8(10(12,13)14)5-9(4-7)11(15,16)17/h2-6,10,12-14H,7-9H2,1H3;3-6H,1-2H3/t;6-/m.1/s1. The molecule has 0 aliphatic heterocycles. The molecule has 3 rings (SSSR count). The van der Waals surface area contributed by atoms with Crippen LogP contribution in [0.4, 0.5) is 26.3 Å². The van der Waals surface area contributed by atoms with Crippen molar-refractivity contribution in [2.45, 2.75) is 50.2 Å². The van der Waals surface area contributed by atoms with Crippen LogP contribution in [0.15, 0.2) is 48.5 Å². The molecule has 188 valence electrons. The Bertz CT molecular complexity index is 880. The van der Waals surface area contributed by atoms with Gasteiger partial charge in [-0.25, -0.2) is 0 Å². The third-order valence-corrected chi connectivity index (χ3v) is 5.65. The maximum atomic E-state index is 12.5. The molecule has 0 spiro atoms. The van der Waals surface area contributed by atoms with Crippen LogP contribution in [0.5, 0.6) is 0 Å². The summed E-state index contributed by atoms with van der Waals surface area (Å²) in [6, 6.07) is 12.6. The molecule has 4 nitrogen and oxygen atoms in total. The first kappa shape index (κ1) is 27.7. The topological polar surface area (TPSA) is 41.6 Å². The van der Waals surface area contributed by atoms with E-state index in [1.54, 1.807) is 11.9 Å². The minimum Gasteiger partial charge on any atom is -0.377 e. The zero-order valence-corrected chi connectivity index (χ0v) is 19.1. The predicted molar refractivity (Wildman–Crippen MR) is 116 cm³/mol. The Balaban J connectivity index is 0.000000241. The zero-order chi connectivity index (χ0) is 25.5. The normalized spacial score (nSPS) is 18.9. The molecule has 0 heterocycles. The number of nitrogens with one attached hydrogen (secondary N) is 1. The molecule has 1 saturated carbocycles. The molecule has 1 aliphatic rings. The highest BCUT2D eigenvalue weighted by molar-refractivity contribution is 5.46. The summed E-state index contributed by atoms with van der Waals surface area (Å²) in [5.74, 6) is 0.695. The van der Waals surface area contributed by atoms with Gasteiger partial charge >= 0.3 is 12.4 Å². The Morgan fingerprint density at radius 2 is 1.56 bits per heavy atom. The number of benzene rings is 2. The molecular formula is C24H28F6N2O2. The van der Waals surface area contributed by atoms with Gasteiger partial charge in [-0.2, -0.15) is 26.3 Å². The van der Waals surface area contributed by atoms with E-state index in [0.29, 0.717) is 30.8 Å². The van der Waals surface area contributed by atoms with Crippen molar-refractivity contribution in [3.05, 3.63) is 70.8 Å². The van der Waals surface area contributed by atoms with Crippen molar-refractivity contribution < 1.29 is 35.9 Å². The van der Waals surface area contributed by atoms with Gasteiger partial charge in [0.1, 0.15) is 0 Å². The molecule has 0 aromatic heterocycles. The van der Waals surface area contributed by atoms with Gasteiger partial charge in [-0.15, -0.1) is 0 Å². The smallest absolute Gasteiger partial charge is 0.377 e. The maximum Gasteiger partial charge on any atom is 0.416 e. The SMILES string of the molecule is CN(C=O)CNC1CC(c2ccccc2)C1.CO[C@H](C)c1cc(C(F)(F)F)cc(C(F)(F)F)c1. The second-order valence-corrected chi connectivity index (χ2v) is 8.22. The predicted octanol–water partition coefficient (Wildman–Crippen LogP) is 6.00. The van der Waals surface area contributed by atoms with Gasteiger partial charge in [0.05, 0.1) is 23.9 Å². The number of hydrogen-bond acceptors (Lipinski definition) is 3. The lowest BCUT2D eigenvalue weighted by Gasteiger charge is -2.37. The fourth-order valence-corrected chi connectivity index (χ4v) is 3.44. The summed E-state index contributed by atoms with van der Waals surface area (Å²) in [7, 11) is 2.99. The third kappa shape index (κ3) is 8.02. The van der Waals surface area contributed by atoms with Gasteiger partial charge in [-0.05, 0) is 55.0 Å². The molecular weight excluding hydrogens is 462 g/mol.